The monoisotopic (exact) mass is 231 g/mol. The summed E-state index contributed by atoms with van der Waals surface area (Å²) in [5.41, 5.74) is 3.14. The molecule has 1 aliphatic heterocycles. The molecule has 2 aliphatic rings. The third kappa shape index (κ3) is 1.70. The molecule has 0 atom stereocenters. The highest BCUT2D eigenvalue weighted by molar-refractivity contribution is 5.68. The molecule has 1 aliphatic carbocycles. The van der Waals surface area contributed by atoms with Gasteiger partial charge in [-0.3, -0.25) is 0 Å². The maximum atomic E-state index is 5.46. The molecule has 17 heavy (non-hydrogen) atoms. The first-order valence-electron chi connectivity index (χ1n) is 6.77. The van der Waals surface area contributed by atoms with Crippen molar-refractivity contribution < 1.29 is 4.74 Å². The van der Waals surface area contributed by atoms with Gasteiger partial charge in [0, 0.05) is 12.0 Å². The van der Waals surface area contributed by atoms with Gasteiger partial charge in [0.15, 0.2) is 0 Å². The summed E-state index contributed by atoms with van der Waals surface area (Å²) < 4.78 is 5.46. The number of fused-ring (bicyclic) bond motifs is 2. The van der Waals surface area contributed by atoms with Crippen LogP contribution in [0.25, 0.3) is 0 Å². The van der Waals surface area contributed by atoms with E-state index in [0.717, 1.165) is 12.3 Å². The highest BCUT2D eigenvalue weighted by Crippen LogP contribution is 2.48. The largest absolute Gasteiger partial charge is 0.495 e. The molecule has 1 N–H and O–H groups in total. The van der Waals surface area contributed by atoms with E-state index in [1.807, 2.05) is 0 Å². The normalized spacial score (nSPS) is 21.7. The topological polar surface area (TPSA) is 21.3 Å². The van der Waals surface area contributed by atoms with Crippen LogP contribution in [0, 0.1) is 0 Å². The molecule has 1 spiro atoms. The van der Waals surface area contributed by atoms with Crippen molar-refractivity contribution in [3.8, 4) is 5.75 Å². The molecule has 3 rings (SSSR count). The van der Waals surface area contributed by atoms with E-state index in [-0.39, 0.29) is 0 Å². The Morgan fingerprint density at radius 3 is 2.59 bits per heavy atom. The van der Waals surface area contributed by atoms with Gasteiger partial charge >= 0.3 is 0 Å². The summed E-state index contributed by atoms with van der Waals surface area (Å²) in [6.07, 6.45) is 8.22. The molecule has 2 nitrogen and oxygen atoms in total. The smallest absolute Gasteiger partial charge is 0.142 e. The predicted molar refractivity (Wildman–Crippen MR) is 70.9 cm³/mol. The zero-order valence-electron chi connectivity index (χ0n) is 10.6. The lowest BCUT2D eigenvalue weighted by molar-refractivity contribution is 0.405. The van der Waals surface area contributed by atoms with Gasteiger partial charge in [-0.15, -0.1) is 0 Å². The Kier molecular flexibility index (Phi) is 2.73. The van der Waals surface area contributed by atoms with Crippen LogP contribution < -0.4 is 10.1 Å². The molecule has 92 valence electrons. The molecule has 1 heterocycles. The molecule has 1 saturated carbocycles. The molecule has 1 aromatic carbocycles. The molecule has 1 aromatic rings. The number of hydrogen-bond acceptors (Lipinski definition) is 2. The van der Waals surface area contributed by atoms with Crippen LogP contribution in [-0.2, 0) is 5.41 Å². The van der Waals surface area contributed by atoms with Crippen molar-refractivity contribution in [1.29, 1.82) is 0 Å². The van der Waals surface area contributed by atoms with Crippen molar-refractivity contribution in [1.82, 2.24) is 0 Å². The highest BCUT2D eigenvalue weighted by atomic mass is 16.5. The molecule has 0 aromatic heterocycles. The average Bonchev–Trinajstić information content (AvgIpc) is 2.58. The molecular weight excluding hydrogens is 210 g/mol. The minimum absolute atomic E-state index is 0.389. The summed E-state index contributed by atoms with van der Waals surface area (Å²) in [6.45, 7) is 1.10. The van der Waals surface area contributed by atoms with E-state index in [1.165, 1.54) is 49.8 Å². The lowest BCUT2D eigenvalue weighted by Gasteiger charge is -2.27. The predicted octanol–water partition coefficient (Wildman–Crippen LogP) is 3.71. The average molecular weight is 231 g/mol. The third-order valence-corrected chi connectivity index (χ3v) is 4.48. The lowest BCUT2D eigenvalue weighted by Crippen LogP contribution is -2.27. The number of benzene rings is 1. The quantitative estimate of drug-likeness (QED) is 0.795. The maximum absolute atomic E-state index is 5.46. The lowest BCUT2D eigenvalue weighted by atomic mass is 9.76. The summed E-state index contributed by atoms with van der Waals surface area (Å²) in [7, 11) is 1.76. The highest BCUT2D eigenvalue weighted by Gasteiger charge is 2.39. The Hall–Kier alpha value is -1.18. The number of nitrogens with one attached hydrogen (secondary N) is 1. The fourth-order valence-corrected chi connectivity index (χ4v) is 3.53. The second-order valence-corrected chi connectivity index (χ2v) is 5.43. The van der Waals surface area contributed by atoms with E-state index in [4.69, 9.17) is 4.74 Å². The van der Waals surface area contributed by atoms with E-state index in [1.54, 1.807) is 7.11 Å². The molecule has 0 radical (unpaired) electrons. The molecule has 2 heteroatoms. The van der Waals surface area contributed by atoms with Gasteiger partial charge in [0.05, 0.1) is 12.8 Å². The fraction of sp³-hybridized carbons (Fsp3) is 0.600. The summed E-state index contributed by atoms with van der Waals surface area (Å²) in [6, 6.07) is 6.49. The van der Waals surface area contributed by atoms with Crippen molar-refractivity contribution in [2.75, 3.05) is 19.0 Å². The van der Waals surface area contributed by atoms with Gasteiger partial charge in [0.2, 0.25) is 0 Å². The minimum Gasteiger partial charge on any atom is -0.495 e. The van der Waals surface area contributed by atoms with Gasteiger partial charge in [0.1, 0.15) is 5.75 Å². The van der Waals surface area contributed by atoms with E-state index < -0.39 is 0 Å². The van der Waals surface area contributed by atoms with Crippen molar-refractivity contribution in [3.63, 3.8) is 0 Å². The molecule has 0 bridgehead atoms. The van der Waals surface area contributed by atoms with Crippen LogP contribution >= 0.6 is 0 Å². The minimum atomic E-state index is 0.389. The van der Waals surface area contributed by atoms with Crippen molar-refractivity contribution in [3.05, 3.63) is 23.8 Å². The van der Waals surface area contributed by atoms with Crippen molar-refractivity contribution in [2.45, 2.75) is 43.9 Å². The SMILES string of the molecule is COc1cccc2c1NCC21CCCCCC1. The fourth-order valence-electron chi connectivity index (χ4n) is 3.53. The van der Waals surface area contributed by atoms with E-state index in [2.05, 4.69) is 23.5 Å². The Labute approximate surface area is 103 Å². The van der Waals surface area contributed by atoms with Crippen LogP contribution in [-0.4, -0.2) is 13.7 Å². The van der Waals surface area contributed by atoms with Crippen LogP contribution in [0.1, 0.15) is 44.1 Å². The van der Waals surface area contributed by atoms with E-state index >= 15 is 0 Å². The molecule has 0 unspecified atom stereocenters. The van der Waals surface area contributed by atoms with Crippen LogP contribution in [0.4, 0.5) is 5.69 Å². The standard InChI is InChI=1S/C15H21NO/c1-17-13-8-6-7-12-14(13)16-11-15(12)9-4-2-3-5-10-15/h6-8,16H,2-5,9-11H2,1H3. The number of ether oxygens (including phenoxy) is 1. The summed E-state index contributed by atoms with van der Waals surface area (Å²) >= 11 is 0. The maximum Gasteiger partial charge on any atom is 0.142 e. The number of anilines is 1. The van der Waals surface area contributed by atoms with Gasteiger partial charge in [-0.05, 0) is 24.5 Å². The number of methoxy groups -OCH3 is 1. The Morgan fingerprint density at radius 2 is 1.88 bits per heavy atom. The van der Waals surface area contributed by atoms with Gasteiger partial charge in [-0.25, -0.2) is 0 Å². The zero-order valence-corrected chi connectivity index (χ0v) is 10.6. The van der Waals surface area contributed by atoms with Gasteiger partial charge in [-0.2, -0.15) is 0 Å². The van der Waals surface area contributed by atoms with Crippen LogP contribution in [0.3, 0.4) is 0 Å². The first-order chi connectivity index (χ1) is 8.36. The van der Waals surface area contributed by atoms with Crippen molar-refractivity contribution in [2.24, 2.45) is 0 Å². The number of para-hydroxylation sites is 1. The summed E-state index contributed by atoms with van der Waals surface area (Å²) in [4.78, 5) is 0. The zero-order chi connectivity index (χ0) is 11.7. The van der Waals surface area contributed by atoms with E-state index in [9.17, 15) is 0 Å². The summed E-state index contributed by atoms with van der Waals surface area (Å²) in [5.74, 6) is 1.00. The Morgan fingerprint density at radius 1 is 1.12 bits per heavy atom. The first kappa shape index (κ1) is 10.9. The Balaban J connectivity index is 2.02. The van der Waals surface area contributed by atoms with Crippen LogP contribution in [0.2, 0.25) is 0 Å². The summed E-state index contributed by atoms with van der Waals surface area (Å²) in [5, 5.41) is 3.58. The van der Waals surface area contributed by atoms with Crippen LogP contribution in [0.15, 0.2) is 18.2 Å². The molecular formula is C15H21NO. The number of rotatable bonds is 1. The van der Waals surface area contributed by atoms with E-state index in [0.29, 0.717) is 5.41 Å². The second-order valence-electron chi connectivity index (χ2n) is 5.43. The first-order valence-corrected chi connectivity index (χ1v) is 6.77. The van der Waals surface area contributed by atoms with Crippen LogP contribution in [0.5, 0.6) is 5.75 Å². The van der Waals surface area contributed by atoms with Gasteiger partial charge in [0.25, 0.3) is 0 Å². The Bertz CT molecular complexity index is 405. The number of hydrogen-bond donors (Lipinski definition) is 1. The second kappa shape index (κ2) is 4.25. The van der Waals surface area contributed by atoms with Gasteiger partial charge < -0.3 is 10.1 Å². The molecule has 1 fully saturated rings. The molecule has 0 saturated heterocycles. The van der Waals surface area contributed by atoms with Gasteiger partial charge in [-0.1, -0.05) is 37.8 Å². The third-order valence-electron chi connectivity index (χ3n) is 4.48. The molecule has 0 amide bonds. The van der Waals surface area contributed by atoms with Crippen molar-refractivity contribution >= 4 is 5.69 Å².